The third-order valence-electron chi connectivity index (χ3n) is 9.38. The summed E-state index contributed by atoms with van der Waals surface area (Å²) < 4.78 is 0.471. The van der Waals surface area contributed by atoms with Gasteiger partial charge in [0, 0.05) is 0 Å². The topological polar surface area (TPSA) is 0 Å². The molecule has 0 radical (unpaired) electrons. The Labute approximate surface area is 213 Å². The van der Waals surface area contributed by atoms with Crippen LogP contribution in [0.1, 0.15) is 93.7 Å². The average molecular weight is 587 g/mol. The fraction of sp³-hybridized carbons (Fsp3) is 0.467. The van der Waals surface area contributed by atoms with Gasteiger partial charge in [0.15, 0.2) is 0 Å². The van der Waals surface area contributed by atoms with E-state index in [2.05, 4.69) is 72.8 Å². The quantitative estimate of drug-likeness (QED) is 0.313. The molecule has 0 bridgehead atoms. The summed E-state index contributed by atoms with van der Waals surface area (Å²) in [6.07, 6.45) is 23.3. The second-order valence-electron chi connectivity index (χ2n) is 11.2. The van der Waals surface area contributed by atoms with Crippen molar-refractivity contribution >= 4 is 34.6 Å². The van der Waals surface area contributed by atoms with E-state index in [1.54, 1.807) is 0 Å². The molecule has 34 heavy (non-hydrogen) atoms. The molecule has 4 heteroatoms. The van der Waals surface area contributed by atoms with Gasteiger partial charge >= 0.3 is 215 Å². The molecule has 0 aromatic heterocycles. The fourth-order valence-electron chi connectivity index (χ4n) is 7.91. The Hall–Kier alpha value is -0.400. The fourth-order valence-corrected chi connectivity index (χ4v) is 59.7. The molecule has 2 aromatic rings. The van der Waals surface area contributed by atoms with Crippen LogP contribution < -0.4 is 0 Å². The van der Waals surface area contributed by atoms with E-state index in [0.717, 1.165) is 11.1 Å². The molecule has 4 aliphatic rings. The van der Waals surface area contributed by atoms with E-state index in [4.69, 9.17) is 17.0 Å². The van der Waals surface area contributed by atoms with E-state index in [9.17, 15) is 0 Å². The Balaban J connectivity index is 1.67. The van der Waals surface area contributed by atoms with Crippen LogP contribution >= 0.6 is 17.0 Å². The first-order valence-electron chi connectivity index (χ1n) is 13.6. The molecule has 0 heterocycles. The number of benzene rings is 2. The van der Waals surface area contributed by atoms with Crippen LogP contribution in [-0.2, 0) is 15.0 Å². The number of halogens is 2. The number of allylic oxidation sites excluding steroid dienone is 2. The Morgan fingerprint density at radius 3 is 1.44 bits per heavy atom. The summed E-state index contributed by atoms with van der Waals surface area (Å²) in [5, 5.41) is 0. The minimum absolute atomic E-state index is 0.236. The van der Waals surface area contributed by atoms with Crippen LogP contribution in [0.25, 0.3) is 12.2 Å². The van der Waals surface area contributed by atoms with E-state index in [0.29, 0.717) is 0 Å². The number of rotatable bonds is 4. The van der Waals surface area contributed by atoms with Crippen molar-refractivity contribution in [1.29, 1.82) is 0 Å². The summed E-state index contributed by atoms with van der Waals surface area (Å²) >= 11 is -4.60. The van der Waals surface area contributed by atoms with Crippen LogP contribution in [0.4, 0.5) is 0 Å². The van der Waals surface area contributed by atoms with Crippen molar-refractivity contribution in [2.45, 2.75) is 82.5 Å². The molecule has 2 aromatic carbocycles. The zero-order valence-electron chi connectivity index (χ0n) is 20.1. The third-order valence-corrected chi connectivity index (χ3v) is 52.6. The summed E-state index contributed by atoms with van der Waals surface area (Å²) in [7, 11) is 17.2. The van der Waals surface area contributed by atoms with Gasteiger partial charge in [-0.15, -0.1) is 0 Å². The molecule has 2 unspecified atom stereocenters. The van der Waals surface area contributed by atoms with Gasteiger partial charge in [-0.2, -0.15) is 0 Å². The molecule has 0 spiro atoms. The van der Waals surface area contributed by atoms with Crippen molar-refractivity contribution in [3.63, 3.8) is 0 Å². The summed E-state index contributed by atoms with van der Waals surface area (Å²) in [6.45, 7) is 0. The van der Waals surface area contributed by atoms with Gasteiger partial charge in [-0.1, -0.05) is 0 Å². The van der Waals surface area contributed by atoms with Crippen LogP contribution in [0.15, 0.2) is 60.7 Å². The first kappa shape index (κ1) is 24.0. The molecule has 0 saturated heterocycles. The van der Waals surface area contributed by atoms with Crippen LogP contribution in [0.5, 0.6) is 0 Å². The van der Waals surface area contributed by atoms with Crippen molar-refractivity contribution < 1.29 is 15.0 Å². The van der Waals surface area contributed by atoms with Crippen LogP contribution in [0.2, 0.25) is 11.1 Å². The molecular formula is C30H36Cl2SiZr. The Kier molecular flexibility index (Phi) is 6.68. The zero-order valence-corrected chi connectivity index (χ0v) is 25.0. The van der Waals surface area contributed by atoms with Crippen LogP contribution in [-0.4, -0.2) is 5.43 Å². The molecule has 178 valence electrons. The van der Waals surface area contributed by atoms with E-state index in [1.807, 2.05) is 0 Å². The Morgan fingerprint density at radius 2 is 1.00 bits per heavy atom. The first-order valence-corrected chi connectivity index (χ1v) is 28.1. The predicted octanol–water partition coefficient (Wildman–Crippen LogP) is 10.2. The molecule has 2 fully saturated rings. The van der Waals surface area contributed by atoms with Gasteiger partial charge in [-0.05, 0) is 0 Å². The van der Waals surface area contributed by atoms with Crippen molar-refractivity contribution in [1.82, 2.24) is 0 Å². The Bertz CT molecular complexity index is 1120. The molecule has 4 aliphatic carbocycles. The van der Waals surface area contributed by atoms with E-state index >= 15 is 0 Å². The van der Waals surface area contributed by atoms with Gasteiger partial charge in [0.25, 0.3) is 0 Å². The number of hydrogen-bond donors (Lipinski definition) is 0. The number of fused-ring (bicyclic) bond motifs is 2. The molecule has 2 saturated carbocycles. The second-order valence-corrected chi connectivity index (χ2v) is 47.6. The second kappa shape index (κ2) is 9.48. The predicted molar refractivity (Wildman–Crippen MR) is 148 cm³/mol. The minimum atomic E-state index is -4.60. The molecule has 0 nitrogen and oxygen atoms in total. The van der Waals surface area contributed by atoms with Crippen molar-refractivity contribution in [3.05, 3.63) is 82.9 Å². The molecule has 6 rings (SSSR count). The van der Waals surface area contributed by atoms with Gasteiger partial charge in [0.1, 0.15) is 0 Å². The van der Waals surface area contributed by atoms with Crippen molar-refractivity contribution in [2.24, 2.45) is 0 Å². The van der Waals surface area contributed by atoms with Gasteiger partial charge in [-0.3, -0.25) is 0 Å². The van der Waals surface area contributed by atoms with Crippen molar-refractivity contribution in [2.75, 3.05) is 0 Å². The summed E-state index contributed by atoms with van der Waals surface area (Å²) in [5.41, 5.74) is 6.11. The maximum absolute atomic E-state index is 8.61. The molecule has 0 amide bonds. The van der Waals surface area contributed by atoms with E-state index in [1.165, 1.54) is 86.5 Å². The molecule has 0 N–H and O–H groups in total. The van der Waals surface area contributed by atoms with E-state index < -0.39 is 20.4 Å². The number of hydrogen-bond acceptors (Lipinski definition) is 0. The van der Waals surface area contributed by atoms with Gasteiger partial charge in [-0.25, -0.2) is 0 Å². The summed E-state index contributed by atoms with van der Waals surface area (Å²) in [4.78, 5) is 0. The average Bonchev–Trinajstić information content (AvgIpc) is 3.51. The molecular weight excluding hydrogens is 551 g/mol. The van der Waals surface area contributed by atoms with Crippen molar-refractivity contribution in [3.8, 4) is 0 Å². The zero-order chi connectivity index (χ0) is 23.2. The standard InChI is InChI=1S/C12H22Si.2C9H7.2ClH.Zr/c1-3-7-11(8-4-1)13-12-9-5-2-6-10-12;2*1-2-5-9-7-3-6-8(9)4-1;;;/h11-12H,1-10H2;2*1-7H;2*1H;/q;;;;;+2/p-2. The SMILES string of the molecule is [Cl][Zr]([Cl])([CH]1C=Cc2ccccc21)([CH]1C=Cc2ccccc21)=[Si](C1CCCCC1)C1CCCCC1. The van der Waals surface area contributed by atoms with Gasteiger partial charge < -0.3 is 0 Å². The first-order chi connectivity index (χ1) is 16.6. The normalized spacial score (nSPS) is 25.4. The van der Waals surface area contributed by atoms with Crippen LogP contribution in [0, 0.1) is 0 Å². The summed E-state index contributed by atoms with van der Waals surface area (Å²) in [6, 6.07) is 17.9. The summed E-state index contributed by atoms with van der Waals surface area (Å²) in [5.74, 6) is 0. The van der Waals surface area contributed by atoms with E-state index in [-0.39, 0.29) is 7.25 Å². The van der Waals surface area contributed by atoms with Gasteiger partial charge in [0.05, 0.1) is 0 Å². The van der Waals surface area contributed by atoms with Crippen LogP contribution in [0.3, 0.4) is 0 Å². The van der Waals surface area contributed by atoms with Gasteiger partial charge in [0.2, 0.25) is 0 Å². The third kappa shape index (κ3) is 3.86. The molecule has 2 atom stereocenters. The Morgan fingerprint density at radius 1 is 0.588 bits per heavy atom. The molecule has 0 aliphatic heterocycles. The maximum atomic E-state index is 8.61. The monoisotopic (exact) mass is 584 g/mol.